The largest absolute Gasteiger partial charge is 0.467 e. The monoisotopic (exact) mass is 243 g/mol. The molecule has 1 aliphatic rings. The minimum Gasteiger partial charge on any atom is -0.467 e. The molecule has 1 fully saturated rings. The van der Waals surface area contributed by atoms with E-state index in [0.717, 1.165) is 6.42 Å². The van der Waals surface area contributed by atoms with Crippen molar-refractivity contribution in [2.75, 3.05) is 20.3 Å². The van der Waals surface area contributed by atoms with Gasteiger partial charge in [-0.15, -0.1) is 0 Å². The highest BCUT2D eigenvalue weighted by Gasteiger charge is 2.28. The first-order valence-electron chi connectivity index (χ1n) is 6.00. The maximum atomic E-state index is 11.9. The SMILES string of the molecule is COC(=O)[C@H](CC(C)C)NC(=O)C1CCOC1. The van der Waals surface area contributed by atoms with Gasteiger partial charge >= 0.3 is 5.97 Å². The lowest BCUT2D eigenvalue weighted by Gasteiger charge is -2.19. The van der Waals surface area contributed by atoms with Gasteiger partial charge in [-0.3, -0.25) is 4.79 Å². The van der Waals surface area contributed by atoms with Crippen LogP contribution in [0.4, 0.5) is 0 Å². The molecule has 1 aliphatic heterocycles. The van der Waals surface area contributed by atoms with Crippen molar-refractivity contribution in [3.05, 3.63) is 0 Å². The van der Waals surface area contributed by atoms with E-state index in [1.165, 1.54) is 7.11 Å². The van der Waals surface area contributed by atoms with Gasteiger partial charge in [0.2, 0.25) is 5.91 Å². The molecule has 0 aliphatic carbocycles. The highest BCUT2D eigenvalue weighted by molar-refractivity contribution is 5.85. The Bertz CT molecular complexity index is 272. The molecule has 0 bridgehead atoms. The van der Waals surface area contributed by atoms with Gasteiger partial charge in [0.25, 0.3) is 0 Å². The molecule has 1 N–H and O–H groups in total. The molecule has 5 heteroatoms. The van der Waals surface area contributed by atoms with E-state index in [1.54, 1.807) is 0 Å². The van der Waals surface area contributed by atoms with E-state index in [2.05, 4.69) is 5.32 Å². The summed E-state index contributed by atoms with van der Waals surface area (Å²) in [5.41, 5.74) is 0. The van der Waals surface area contributed by atoms with Crippen molar-refractivity contribution >= 4 is 11.9 Å². The van der Waals surface area contributed by atoms with Crippen LogP contribution in [0.3, 0.4) is 0 Å². The molecule has 0 aromatic carbocycles. The van der Waals surface area contributed by atoms with Crippen LogP contribution < -0.4 is 5.32 Å². The summed E-state index contributed by atoms with van der Waals surface area (Å²) in [6.45, 7) is 5.06. The molecule has 17 heavy (non-hydrogen) atoms. The number of carbonyl (C=O) groups is 2. The highest BCUT2D eigenvalue weighted by atomic mass is 16.5. The Morgan fingerprint density at radius 1 is 1.47 bits per heavy atom. The number of nitrogens with one attached hydrogen (secondary N) is 1. The lowest BCUT2D eigenvalue weighted by Crippen LogP contribution is -2.45. The van der Waals surface area contributed by atoms with Crippen LogP contribution in [-0.4, -0.2) is 38.2 Å². The number of methoxy groups -OCH3 is 1. The molecule has 1 heterocycles. The van der Waals surface area contributed by atoms with Crippen molar-refractivity contribution in [2.45, 2.75) is 32.7 Å². The van der Waals surface area contributed by atoms with Crippen LogP contribution in [0, 0.1) is 11.8 Å². The van der Waals surface area contributed by atoms with Crippen LogP contribution in [0.1, 0.15) is 26.7 Å². The predicted octanol–water partition coefficient (Wildman–Crippen LogP) is 0.727. The van der Waals surface area contributed by atoms with Crippen LogP contribution in [0.2, 0.25) is 0 Å². The van der Waals surface area contributed by atoms with Gasteiger partial charge in [-0.05, 0) is 18.8 Å². The Labute approximate surface area is 102 Å². The fraction of sp³-hybridized carbons (Fsp3) is 0.833. The average Bonchev–Trinajstić information content (AvgIpc) is 2.79. The molecule has 0 aromatic rings. The maximum Gasteiger partial charge on any atom is 0.328 e. The van der Waals surface area contributed by atoms with Crippen LogP contribution >= 0.6 is 0 Å². The zero-order valence-electron chi connectivity index (χ0n) is 10.7. The highest BCUT2D eigenvalue weighted by Crippen LogP contribution is 2.14. The molecule has 98 valence electrons. The second-order valence-electron chi connectivity index (χ2n) is 4.77. The average molecular weight is 243 g/mol. The summed E-state index contributed by atoms with van der Waals surface area (Å²) in [4.78, 5) is 23.4. The predicted molar refractivity (Wildman–Crippen MR) is 62.3 cm³/mol. The standard InChI is InChI=1S/C12H21NO4/c1-8(2)6-10(12(15)16-3)13-11(14)9-4-5-17-7-9/h8-10H,4-7H2,1-3H3,(H,13,14)/t9?,10-/m0/s1. The molecule has 0 spiro atoms. The molecule has 1 rings (SSSR count). The summed E-state index contributed by atoms with van der Waals surface area (Å²) >= 11 is 0. The minimum absolute atomic E-state index is 0.112. The number of esters is 1. The van der Waals surface area contributed by atoms with Crippen molar-refractivity contribution in [3.8, 4) is 0 Å². The number of carbonyl (C=O) groups excluding carboxylic acids is 2. The second-order valence-corrected chi connectivity index (χ2v) is 4.77. The summed E-state index contributed by atoms with van der Waals surface area (Å²) in [6.07, 6.45) is 1.31. The molecule has 0 saturated carbocycles. The van der Waals surface area contributed by atoms with Crippen molar-refractivity contribution in [1.29, 1.82) is 0 Å². The second kappa shape index (κ2) is 6.59. The van der Waals surface area contributed by atoms with Gasteiger partial charge in [-0.1, -0.05) is 13.8 Å². The Kier molecular flexibility index (Phi) is 5.41. The quantitative estimate of drug-likeness (QED) is 0.723. The van der Waals surface area contributed by atoms with E-state index in [4.69, 9.17) is 9.47 Å². The van der Waals surface area contributed by atoms with Gasteiger partial charge in [0.1, 0.15) is 6.04 Å². The van der Waals surface area contributed by atoms with Crippen LogP contribution in [0.25, 0.3) is 0 Å². The summed E-state index contributed by atoms with van der Waals surface area (Å²) in [7, 11) is 1.33. The third-order valence-corrected chi connectivity index (χ3v) is 2.81. The van der Waals surface area contributed by atoms with Gasteiger partial charge in [0.15, 0.2) is 0 Å². The first-order valence-corrected chi connectivity index (χ1v) is 6.00. The van der Waals surface area contributed by atoms with E-state index >= 15 is 0 Å². The molecule has 1 amide bonds. The lowest BCUT2D eigenvalue weighted by molar-refractivity contribution is -0.146. The molecule has 0 aromatic heterocycles. The maximum absolute atomic E-state index is 11.9. The summed E-state index contributed by atoms with van der Waals surface area (Å²) in [5.74, 6) is -0.307. The van der Waals surface area contributed by atoms with Crippen molar-refractivity contribution in [2.24, 2.45) is 11.8 Å². The van der Waals surface area contributed by atoms with Crippen LogP contribution in [0.5, 0.6) is 0 Å². The molecule has 0 radical (unpaired) electrons. The Morgan fingerprint density at radius 3 is 2.65 bits per heavy atom. The number of hydrogen-bond acceptors (Lipinski definition) is 4. The van der Waals surface area contributed by atoms with Gasteiger partial charge in [0.05, 0.1) is 19.6 Å². The van der Waals surface area contributed by atoms with Crippen molar-refractivity contribution in [1.82, 2.24) is 5.32 Å². The van der Waals surface area contributed by atoms with E-state index in [0.29, 0.717) is 25.6 Å². The van der Waals surface area contributed by atoms with Crippen molar-refractivity contribution < 1.29 is 19.1 Å². The molecule has 1 saturated heterocycles. The van der Waals surface area contributed by atoms with Crippen molar-refractivity contribution in [3.63, 3.8) is 0 Å². The smallest absolute Gasteiger partial charge is 0.328 e. The molecule has 2 atom stereocenters. The fourth-order valence-corrected chi connectivity index (χ4v) is 1.86. The van der Waals surface area contributed by atoms with E-state index in [9.17, 15) is 9.59 Å². The first-order chi connectivity index (χ1) is 8.04. The fourth-order valence-electron chi connectivity index (χ4n) is 1.86. The number of hydrogen-bond donors (Lipinski definition) is 1. The minimum atomic E-state index is -0.548. The summed E-state index contributed by atoms with van der Waals surface area (Å²) in [5, 5.41) is 2.75. The van der Waals surface area contributed by atoms with Crippen LogP contribution in [-0.2, 0) is 19.1 Å². The zero-order valence-corrected chi connectivity index (χ0v) is 10.7. The normalized spacial score (nSPS) is 21.3. The van der Waals surface area contributed by atoms with Gasteiger partial charge in [0, 0.05) is 6.61 Å². The number of amides is 1. The molecular weight excluding hydrogens is 222 g/mol. The Hall–Kier alpha value is -1.10. The number of rotatable bonds is 5. The molecule has 1 unspecified atom stereocenters. The first kappa shape index (κ1) is 14.0. The molecular formula is C12H21NO4. The zero-order chi connectivity index (χ0) is 12.8. The Morgan fingerprint density at radius 2 is 2.18 bits per heavy atom. The number of ether oxygens (including phenoxy) is 2. The summed E-state index contributed by atoms with van der Waals surface area (Å²) < 4.78 is 9.84. The van der Waals surface area contributed by atoms with Gasteiger partial charge in [-0.2, -0.15) is 0 Å². The third kappa shape index (κ3) is 4.34. The molecule has 5 nitrogen and oxygen atoms in total. The van der Waals surface area contributed by atoms with Gasteiger partial charge in [-0.25, -0.2) is 4.79 Å². The summed E-state index contributed by atoms with van der Waals surface area (Å²) in [6, 6.07) is -0.548. The van der Waals surface area contributed by atoms with E-state index in [-0.39, 0.29) is 17.8 Å². The van der Waals surface area contributed by atoms with E-state index in [1.807, 2.05) is 13.8 Å². The Balaban J connectivity index is 2.52. The lowest BCUT2D eigenvalue weighted by atomic mass is 10.0. The van der Waals surface area contributed by atoms with Crippen LogP contribution in [0.15, 0.2) is 0 Å². The van der Waals surface area contributed by atoms with Gasteiger partial charge < -0.3 is 14.8 Å². The topological polar surface area (TPSA) is 64.6 Å². The van der Waals surface area contributed by atoms with E-state index < -0.39 is 6.04 Å². The third-order valence-electron chi connectivity index (χ3n) is 2.81.